The number of carbonyl (C=O) groups is 1. The van der Waals surface area contributed by atoms with Crippen molar-refractivity contribution < 1.29 is 9.90 Å². The molecule has 0 saturated heterocycles. The van der Waals surface area contributed by atoms with Gasteiger partial charge in [0.1, 0.15) is 5.56 Å². The smallest absolute Gasteiger partial charge is 0.261 e. The number of pyridine rings is 1. The number of aliphatic hydroxyl groups excluding tert-OH is 1. The molecule has 0 bridgehead atoms. The first-order chi connectivity index (χ1) is 11.1. The van der Waals surface area contributed by atoms with Gasteiger partial charge >= 0.3 is 0 Å². The summed E-state index contributed by atoms with van der Waals surface area (Å²) in [7, 11) is 1.80. The molecule has 1 saturated carbocycles. The number of aliphatic hydroxyl groups is 1. The zero-order chi connectivity index (χ0) is 16.4. The quantitative estimate of drug-likeness (QED) is 0.893. The van der Waals surface area contributed by atoms with Gasteiger partial charge in [-0.05, 0) is 68.9 Å². The van der Waals surface area contributed by atoms with Crippen LogP contribution in [0.15, 0.2) is 10.9 Å². The van der Waals surface area contributed by atoms with Gasteiger partial charge in [-0.2, -0.15) is 0 Å². The molecule has 0 unspecified atom stereocenters. The summed E-state index contributed by atoms with van der Waals surface area (Å²) in [5.41, 5.74) is 2.14. The lowest BCUT2D eigenvalue weighted by molar-refractivity contribution is 0.0651. The molecule has 0 spiro atoms. The summed E-state index contributed by atoms with van der Waals surface area (Å²) in [4.78, 5) is 29.7. The van der Waals surface area contributed by atoms with Crippen LogP contribution in [0.4, 0.5) is 0 Å². The Kier molecular flexibility index (Phi) is 4.85. The van der Waals surface area contributed by atoms with E-state index in [4.69, 9.17) is 0 Å². The van der Waals surface area contributed by atoms with Crippen molar-refractivity contribution in [2.75, 3.05) is 13.7 Å². The Bertz CT molecular complexity index is 630. The number of nitrogens with zero attached hydrogens (tertiary/aromatic N) is 1. The van der Waals surface area contributed by atoms with Crippen molar-refractivity contribution in [1.82, 2.24) is 9.88 Å². The fourth-order valence-corrected chi connectivity index (χ4v) is 3.90. The minimum absolute atomic E-state index is 0.167. The molecule has 2 N–H and O–H groups in total. The molecule has 1 amide bonds. The molecular formula is C18H26N2O3. The van der Waals surface area contributed by atoms with E-state index in [0.717, 1.165) is 62.6 Å². The monoisotopic (exact) mass is 318 g/mol. The second-order valence-electron chi connectivity index (χ2n) is 7.00. The largest absolute Gasteiger partial charge is 0.396 e. The zero-order valence-electron chi connectivity index (χ0n) is 13.8. The molecule has 1 heterocycles. The SMILES string of the molecule is CN(C(=O)c1cc2c([nH]c1=O)CCCC2)C1CCC(CO)CC1. The molecule has 23 heavy (non-hydrogen) atoms. The van der Waals surface area contributed by atoms with Crippen LogP contribution in [0, 0.1) is 5.92 Å². The van der Waals surface area contributed by atoms with Crippen LogP contribution in [0.3, 0.4) is 0 Å². The Labute approximate surface area is 136 Å². The third-order valence-corrected chi connectivity index (χ3v) is 5.51. The lowest BCUT2D eigenvalue weighted by Crippen LogP contribution is -2.42. The zero-order valence-corrected chi connectivity index (χ0v) is 13.8. The predicted molar refractivity (Wildman–Crippen MR) is 88.6 cm³/mol. The Hall–Kier alpha value is -1.62. The van der Waals surface area contributed by atoms with Crippen molar-refractivity contribution in [2.24, 2.45) is 5.92 Å². The van der Waals surface area contributed by atoms with E-state index >= 15 is 0 Å². The highest BCUT2D eigenvalue weighted by molar-refractivity contribution is 5.94. The number of hydrogen-bond donors (Lipinski definition) is 2. The molecule has 1 aromatic rings. The maximum Gasteiger partial charge on any atom is 0.261 e. The molecule has 0 aromatic carbocycles. The van der Waals surface area contributed by atoms with Crippen molar-refractivity contribution in [3.05, 3.63) is 33.2 Å². The highest BCUT2D eigenvalue weighted by Crippen LogP contribution is 2.27. The molecule has 2 aliphatic rings. The fourth-order valence-electron chi connectivity index (χ4n) is 3.90. The molecule has 1 aromatic heterocycles. The van der Waals surface area contributed by atoms with E-state index in [1.807, 2.05) is 6.07 Å². The van der Waals surface area contributed by atoms with Crippen LogP contribution in [-0.4, -0.2) is 40.6 Å². The lowest BCUT2D eigenvalue weighted by atomic mass is 9.86. The van der Waals surface area contributed by atoms with Crippen molar-refractivity contribution in [2.45, 2.75) is 57.4 Å². The average molecular weight is 318 g/mol. The third-order valence-electron chi connectivity index (χ3n) is 5.51. The van der Waals surface area contributed by atoms with E-state index in [0.29, 0.717) is 5.92 Å². The van der Waals surface area contributed by atoms with Gasteiger partial charge < -0.3 is 15.0 Å². The van der Waals surface area contributed by atoms with E-state index in [1.54, 1.807) is 11.9 Å². The van der Waals surface area contributed by atoms with E-state index in [-0.39, 0.29) is 29.7 Å². The van der Waals surface area contributed by atoms with Crippen molar-refractivity contribution >= 4 is 5.91 Å². The number of aryl methyl sites for hydroxylation is 2. The lowest BCUT2D eigenvalue weighted by Gasteiger charge is -2.34. The maximum atomic E-state index is 12.8. The topological polar surface area (TPSA) is 73.4 Å². The summed E-state index contributed by atoms with van der Waals surface area (Å²) in [5.74, 6) is 0.189. The average Bonchev–Trinajstić information content (AvgIpc) is 2.60. The van der Waals surface area contributed by atoms with Crippen LogP contribution in [-0.2, 0) is 12.8 Å². The van der Waals surface area contributed by atoms with Crippen LogP contribution in [0.2, 0.25) is 0 Å². The standard InChI is InChI=1S/C18H26N2O3/c1-20(14-8-6-12(11-21)7-9-14)18(23)15-10-13-4-2-3-5-16(13)19-17(15)22/h10,12,14,21H,2-9,11H2,1H3,(H,19,22). The third kappa shape index (κ3) is 3.34. The summed E-state index contributed by atoms with van der Waals surface area (Å²) in [6.45, 7) is 0.231. The van der Waals surface area contributed by atoms with Crippen LogP contribution >= 0.6 is 0 Å². The number of hydrogen-bond acceptors (Lipinski definition) is 3. The predicted octanol–water partition coefficient (Wildman–Crippen LogP) is 1.88. The highest BCUT2D eigenvalue weighted by Gasteiger charge is 2.28. The molecule has 5 heteroatoms. The molecular weight excluding hydrogens is 292 g/mol. The number of H-pyrrole nitrogens is 1. The van der Waals surface area contributed by atoms with Gasteiger partial charge in [0.15, 0.2) is 0 Å². The van der Waals surface area contributed by atoms with E-state index in [2.05, 4.69) is 4.98 Å². The first-order valence-electron chi connectivity index (χ1n) is 8.73. The Morgan fingerprint density at radius 3 is 2.65 bits per heavy atom. The molecule has 5 nitrogen and oxygen atoms in total. The highest BCUT2D eigenvalue weighted by atomic mass is 16.3. The summed E-state index contributed by atoms with van der Waals surface area (Å²) < 4.78 is 0. The summed E-state index contributed by atoms with van der Waals surface area (Å²) in [6.07, 6.45) is 7.75. The number of fused-ring (bicyclic) bond motifs is 1. The van der Waals surface area contributed by atoms with Gasteiger partial charge in [-0.15, -0.1) is 0 Å². The van der Waals surface area contributed by atoms with E-state index in [9.17, 15) is 14.7 Å². The van der Waals surface area contributed by atoms with Gasteiger partial charge in [-0.25, -0.2) is 0 Å². The molecule has 0 aliphatic heterocycles. The number of rotatable bonds is 3. The second-order valence-corrected chi connectivity index (χ2v) is 7.00. The van der Waals surface area contributed by atoms with Crippen LogP contribution in [0.25, 0.3) is 0 Å². The molecule has 126 valence electrons. The minimum Gasteiger partial charge on any atom is -0.396 e. The summed E-state index contributed by atoms with van der Waals surface area (Å²) in [6, 6.07) is 1.98. The number of amides is 1. The van der Waals surface area contributed by atoms with Gasteiger partial charge in [0.05, 0.1) is 0 Å². The second kappa shape index (κ2) is 6.87. The van der Waals surface area contributed by atoms with Crippen molar-refractivity contribution in [3.8, 4) is 0 Å². The number of nitrogens with one attached hydrogen (secondary N) is 1. The fraction of sp³-hybridized carbons (Fsp3) is 0.667. The maximum absolute atomic E-state index is 12.8. The number of aromatic nitrogens is 1. The van der Waals surface area contributed by atoms with Crippen molar-refractivity contribution in [3.63, 3.8) is 0 Å². The summed E-state index contributed by atoms with van der Waals surface area (Å²) in [5, 5.41) is 9.23. The molecule has 0 radical (unpaired) electrons. The first-order valence-corrected chi connectivity index (χ1v) is 8.73. The van der Waals surface area contributed by atoms with Gasteiger partial charge in [-0.1, -0.05) is 0 Å². The first kappa shape index (κ1) is 16.2. The summed E-state index contributed by atoms with van der Waals surface area (Å²) >= 11 is 0. The Morgan fingerprint density at radius 1 is 1.26 bits per heavy atom. The van der Waals surface area contributed by atoms with Gasteiger partial charge in [-0.3, -0.25) is 9.59 Å². The molecule has 2 aliphatic carbocycles. The van der Waals surface area contributed by atoms with Crippen LogP contribution in [0.1, 0.15) is 60.1 Å². The van der Waals surface area contributed by atoms with E-state index < -0.39 is 0 Å². The van der Waals surface area contributed by atoms with Crippen LogP contribution < -0.4 is 5.56 Å². The minimum atomic E-state index is -0.258. The van der Waals surface area contributed by atoms with Gasteiger partial charge in [0, 0.05) is 25.4 Å². The Morgan fingerprint density at radius 2 is 1.96 bits per heavy atom. The van der Waals surface area contributed by atoms with Gasteiger partial charge in [0.25, 0.3) is 11.5 Å². The number of carbonyl (C=O) groups excluding carboxylic acids is 1. The van der Waals surface area contributed by atoms with E-state index in [1.165, 1.54) is 0 Å². The van der Waals surface area contributed by atoms with Crippen LogP contribution in [0.5, 0.6) is 0 Å². The molecule has 0 atom stereocenters. The van der Waals surface area contributed by atoms with Gasteiger partial charge in [0.2, 0.25) is 0 Å². The molecule has 3 rings (SSSR count). The normalized spacial score (nSPS) is 24.1. The van der Waals surface area contributed by atoms with Crippen molar-refractivity contribution in [1.29, 1.82) is 0 Å². The molecule has 1 fully saturated rings. The number of aromatic amines is 1. The Balaban J connectivity index is 1.76.